The summed E-state index contributed by atoms with van der Waals surface area (Å²) in [5.41, 5.74) is 5.94. The molecule has 0 unspecified atom stereocenters. The molecule has 3 aromatic rings. The van der Waals surface area contributed by atoms with E-state index in [0.717, 1.165) is 0 Å². The van der Waals surface area contributed by atoms with Gasteiger partial charge in [-0.25, -0.2) is 4.98 Å². The number of rotatable bonds is 5. The van der Waals surface area contributed by atoms with Gasteiger partial charge in [-0.05, 0) is 31.0 Å². The van der Waals surface area contributed by atoms with E-state index in [0.29, 0.717) is 24.3 Å². The van der Waals surface area contributed by atoms with E-state index in [1.54, 1.807) is 24.3 Å². The van der Waals surface area contributed by atoms with Gasteiger partial charge in [0.15, 0.2) is 5.76 Å². The molecule has 1 fully saturated rings. The lowest BCUT2D eigenvalue weighted by molar-refractivity contribution is 0.0875. The smallest absolute Gasteiger partial charge is 0.290 e. The van der Waals surface area contributed by atoms with Gasteiger partial charge >= 0.3 is 0 Å². The number of nitrogens with one attached hydrogen (secondary N) is 2. The van der Waals surface area contributed by atoms with E-state index in [4.69, 9.17) is 14.9 Å². The maximum absolute atomic E-state index is 12.3. The fourth-order valence-electron chi connectivity index (χ4n) is 3.04. The second-order valence-corrected chi connectivity index (χ2v) is 6.43. The predicted molar refractivity (Wildman–Crippen MR) is 97.7 cm³/mol. The molecule has 1 aromatic carbocycles. The van der Waals surface area contributed by atoms with Gasteiger partial charge in [-0.15, -0.1) is 0 Å². The highest BCUT2D eigenvalue weighted by molar-refractivity contribution is 5.91. The average Bonchev–Trinajstić information content (AvgIpc) is 3.06. The molecule has 4 rings (SSSR count). The number of H-pyrrole nitrogens is 1. The Labute approximate surface area is 154 Å². The van der Waals surface area contributed by atoms with Gasteiger partial charge < -0.3 is 20.2 Å². The Morgan fingerprint density at radius 2 is 2.00 bits per heavy atom. The van der Waals surface area contributed by atoms with Crippen LogP contribution in [0.5, 0.6) is 11.7 Å². The molecule has 8 heteroatoms. The van der Waals surface area contributed by atoms with Gasteiger partial charge in [0.25, 0.3) is 17.4 Å². The van der Waals surface area contributed by atoms with E-state index in [1.807, 2.05) is 18.2 Å². The van der Waals surface area contributed by atoms with Crippen molar-refractivity contribution in [3.8, 4) is 11.7 Å². The van der Waals surface area contributed by atoms with E-state index in [1.165, 1.54) is 6.07 Å². The zero-order chi connectivity index (χ0) is 18.8. The van der Waals surface area contributed by atoms with Crippen LogP contribution in [0.4, 0.5) is 5.95 Å². The number of aromatic amines is 1. The van der Waals surface area contributed by atoms with Crippen LogP contribution in [0, 0.1) is 0 Å². The fourth-order valence-corrected chi connectivity index (χ4v) is 3.04. The Kier molecular flexibility index (Phi) is 4.37. The highest BCUT2D eigenvalue weighted by Crippen LogP contribution is 2.35. The first kappa shape index (κ1) is 16.9. The summed E-state index contributed by atoms with van der Waals surface area (Å²) in [6.07, 6.45) is 1.38. The lowest BCUT2D eigenvalue weighted by Crippen LogP contribution is -2.43. The highest BCUT2D eigenvalue weighted by Gasteiger charge is 2.33. The van der Waals surface area contributed by atoms with Crippen molar-refractivity contribution in [2.45, 2.75) is 24.8 Å². The van der Waals surface area contributed by atoms with Gasteiger partial charge in [-0.3, -0.25) is 14.6 Å². The molecule has 1 saturated carbocycles. The lowest BCUT2D eigenvalue weighted by atomic mass is 9.78. The largest absolute Gasteiger partial charge is 0.426 e. The molecular formula is C19H18N4O4. The Hall–Kier alpha value is -3.55. The number of nitrogens with zero attached hydrogens (tertiary/aromatic N) is 1. The molecule has 138 valence electrons. The number of furan rings is 1. The molecule has 1 aliphatic carbocycles. The fraction of sp³-hybridized carbons (Fsp3) is 0.211. The second kappa shape index (κ2) is 6.99. The van der Waals surface area contributed by atoms with Crippen molar-refractivity contribution in [1.29, 1.82) is 0 Å². The third-order valence-electron chi connectivity index (χ3n) is 4.44. The minimum absolute atomic E-state index is 0.00611. The number of carbonyl (C=O) groups excluding carboxylic acids is 1. The SMILES string of the molecule is Nc1nc(C2CC(NC(=O)c3ccc(Oc4ccccc4)o3)C2)cc(=O)[nH]1. The van der Waals surface area contributed by atoms with Crippen molar-refractivity contribution in [2.24, 2.45) is 0 Å². The van der Waals surface area contributed by atoms with E-state index in [9.17, 15) is 9.59 Å². The number of para-hydroxylation sites is 1. The minimum Gasteiger partial charge on any atom is -0.426 e. The van der Waals surface area contributed by atoms with Crippen LogP contribution in [0.2, 0.25) is 0 Å². The molecule has 27 heavy (non-hydrogen) atoms. The predicted octanol–water partition coefficient (Wildman–Crippen LogP) is 2.41. The van der Waals surface area contributed by atoms with Crippen LogP contribution in [0.1, 0.15) is 35.0 Å². The van der Waals surface area contributed by atoms with Gasteiger partial charge in [-0.2, -0.15) is 0 Å². The van der Waals surface area contributed by atoms with Crippen molar-refractivity contribution in [2.75, 3.05) is 5.73 Å². The summed E-state index contributed by atoms with van der Waals surface area (Å²) >= 11 is 0. The molecule has 0 atom stereocenters. The molecule has 1 amide bonds. The number of nitrogens with two attached hydrogens (primary N) is 1. The van der Waals surface area contributed by atoms with Gasteiger partial charge in [0.2, 0.25) is 5.95 Å². The standard InChI is InChI=1S/C19H18N4O4/c20-19-22-14(10-16(24)23-19)11-8-12(9-11)21-18(25)15-6-7-17(27-15)26-13-4-2-1-3-5-13/h1-7,10-12H,8-9H2,(H,21,25)(H3,20,22,23,24). The topological polar surface area (TPSA) is 123 Å². The summed E-state index contributed by atoms with van der Waals surface area (Å²) in [6.45, 7) is 0. The number of amides is 1. The van der Waals surface area contributed by atoms with Crippen LogP contribution in [-0.2, 0) is 0 Å². The zero-order valence-electron chi connectivity index (χ0n) is 14.3. The van der Waals surface area contributed by atoms with Gasteiger partial charge in [0.05, 0.1) is 5.69 Å². The first-order chi connectivity index (χ1) is 13.1. The Morgan fingerprint density at radius 1 is 1.22 bits per heavy atom. The van der Waals surface area contributed by atoms with Crippen LogP contribution in [-0.4, -0.2) is 21.9 Å². The zero-order valence-corrected chi connectivity index (χ0v) is 14.3. The Morgan fingerprint density at radius 3 is 2.74 bits per heavy atom. The van der Waals surface area contributed by atoms with Crippen LogP contribution >= 0.6 is 0 Å². The first-order valence-electron chi connectivity index (χ1n) is 8.57. The summed E-state index contributed by atoms with van der Waals surface area (Å²) in [4.78, 5) is 30.3. The lowest BCUT2D eigenvalue weighted by Gasteiger charge is -2.35. The van der Waals surface area contributed by atoms with E-state index < -0.39 is 0 Å². The summed E-state index contributed by atoms with van der Waals surface area (Å²) in [5.74, 6) is 0.967. The van der Waals surface area contributed by atoms with Crippen LogP contribution in [0.25, 0.3) is 0 Å². The summed E-state index contributed by atoms with van der Waals surface area (Å²) in [6, 6.07) is 13.8. The maximum atomic E-state index is 12.3. The second-order valence-electron chi connectivity index (χ2n) is 6.43. The summed E-state index contributed by atoms with van der Waals surface area (Å²) < 4.78 is 11.0. The third-order valence-corrected chi connectivity index (χ3v) is 4.44. The van der Waals surface area contributed by atoms with Crippen LogP contribution in [0.3, 0.4) is 0 Å². The van der Waals surface area contributed by atoms with Crippen molar-refractivity contribution in [3.05, 3.63) is 70.3 Å². The monoisotopic (exact) mass is 366 g/mol. The molecule has 0 saturated heterocycles. The van der Waals surface area contributed by atoms with Crippen molar-refractivity contribution in [3.63, 3.8) is 0 Å². The molecule has 4 N–H and O–H groups in total. The number of benzene rings is 1. The number of aromatic nitrogens is 2. The minimum atomic E-state index is -0.306. The number of carbonyl (C=O) groups is 1. The van der Waals surface area contributed by atoms with Crippen molar-refractivity contribution >= 4 is 11.9 Å². The molecule has 2 heterocycles. The molecule has 0 bridgehead atoms. The Balaban J connectivity index is 1.32. The van der Waals surface area contributed by atoms with Gasteiger partial charge in [-0.1, -0.05) is 18.2 Å². The van der Waals surface area contributed by atoms with E-state index in [-0.39, 0.29) is 41.1 Å². The molecule has 0 aliphatic heterocycles. The molecule has 8 nitrogen and oxygen atoms in total. The first-order valence-corrected chi connectivity index (χ1v) is 8.57. The molecule has 0 spiro atoms. The number of anilines is 1. The Bertz CT molecular complexity index is 1010. The number of nitrogen functional groups attached to an aromatic ring is 1. The number of ether oxygens (including phenoxy) is 1. The molecular weight excluding hydrogens is 348 g/mol. The average molecular weight is 366 g/mol. The molecule has 2 aromatic heterocycles. The van der Waals surface area contributed by atoms with Gasteiger partial charge in [0, 0.05) is 24.1 Å². The van der Waals surface area contributed by atoms with Crippen molar-refractivity contribution in [1.82, 2.24) is 15.3 Å². The van der Waals surface area contributed by atoms with E-state index in [2.05, 4.69) is 15.3 Å². The third kappa shape index (κ3) is 3.84. The number of hydrogen-bond acceptors (Lipinski definition) is 6. The van der Waals surface area contributed by atoms with Crippen molar-refractivity contribution < 1.29 is 13.9 Å². The van der Waals surface area contributed by atoms with Crippen LogP contribution < -0.4 is 21.3 Å². The highest BCUT2D eigenvalue weighted by atomic mass is 16.6. The molecule has 1 aliphatic rings. The van der Waals surface area contributed by atoms with Crippen LogP contribution in [0.15, 0.2) is 57.7 Å². The molecule has 0 radical (unpaired) electrons. The maximum Gasteiger partial charge on any atom is 0.290 e. The van der Waals surface area contributed by atoms with Gasteiger partial charge in [0.1, 0.15) is 5.75 Å². The van der Waals surface area contributed by atoms with E-state index >= 15 is 0 Å². The summed E-state index contributed by atoms with van der Waals surface area (Å²) in [5, 5.41) is 2.91. The normalized spacial score (nSPS) is 18.5. The quantitative estimate of drug-likeness (QED) is 0.637. The number of hydrogen-bond donors (Lipinski definition) is 3. The summed E-state index contributed by atoms with van der Waals surface area (Å²) in [7, 11) is 0.